The number of halogens is 5. The number of ether oxygens (including phenoxy) is 7. The number of esters is 4. The molecule has 0 aromatic heterocycles. The van der Waals surface area contributed by atoms with Crippen LogP contribution in [0, 0.1) is 17.8 Å². The van der Waals surface area contributed by atoms with Gasteiger partial charge in [-0.05, 0) is 109 Å². The predicted molar refractivity (Wildman–Crippen MR) is 307 cm³/mol. The normalized spacial score (nSPS) is 15.3. The van der Waals surface area contributed by atoms with Gasteiger partial charge in [-0.25, -0.2) is 19.2 Å². The maximum absolute atomic E-state index is 12.8. The molecule has 18 nitrogen and oxygen atoms in total. The van der Waals surface area contributed by atoms with Gasteiger partial charge in [-0.1, -0.05) is 97.4 Å². The van der Waals surface area contributed by atoms with Gasteiger partial charge in [-0.15, -0.1) is 0 Å². The van der Waals surface area contributed by atoms with E-state index >= 15 is 0 Å². The molecule has 1 radical (unpaired) electrons. The number of amides is 2. The van der Waals surface area contributed by atoms with E-state index in [4.69, 9.17) is 24.1 Å². The fourth-order valence-corrected chi connectivity index (χ4v) is 7.27. The minimum atomic E-state index is -5.59. The van der Waals surface area contributed by atoms with Crippen molar-refractivity contribution >= 4 is 60.3 Å². The number of hydrogen-bond acceptors (Lipinski definition) is 15. The van der Waals surface area contributed by atoms with Crippen LogP contribution in [0.25, 0.3) is 12.2 Å². The maximum Gasteiger partial charge on any atom is 0.453 e. The molecule has 24 heteroatoms. The predicted octanol–water partition coefficient (Wildman–Crippen LogP) is 11.7. The van der Waals surface area contributed by atoms with Crippen LogP contribution in [0.3, 0.4) is 0 Å². The molecule has 0 spiro atoms. The number of rotatable bonds is 24. The number of nitrogens with one attached hydrogen (secondary N) is 2. The van der Waals surface area contributed by atoms with Gasteiger partial charge in [-0.3, -0.25) is 19.2 Å². The summed E-state index contributed by atoms with van der Waals surface area (Å²) in [4.78, 5) is 91.2. The second kappa shape index (κ2) is 42.3. The Labute approximate surface area is 523 Å². The number of unbranched alkanes of at least 4 members (excludes halogenated alkanes) is 3. The molecule has 2 fully saturated rings. The smallest absolute Gasteiger partial charge is 0.453 e. The maximum atomic E-state index is 12.8. The van der Waals surface area contributed by atoms with E-state index in [1.165, 1.54) is 121 Å². The molecule has 0 aliphatic heterocycles. The standard InChI is InChI=1S/C23H26O5.C22H19F5O5.C10H14N2O6.C4H8.C2H6.CH4.Y/c1-3-4-5-6-17-27-20-14-10-19(11-15-20)23(25)28-21-12-7-18(8-13-21)9-16-22(24)26-2;1-30-19(28)12-5-15-3-8-18(9-4-15)32-20(29)16-6-10-17(11-7-16)31-14-2-13-21(23,24)22(25,26)27;1-11-8(14)5-4(10(16)17)6(9(15)12-2)7(5)18-3-13;1-2-4-3-1;1-2;;/h7-16H,3-6,17H2,1-2H3;3-12H,2,13-14H2,1H3;3-7H,1-2H3,(H,11,14)(H,12,15)(H,16,17);1-4H2;1-2H3;1H4;/b16-9+;12-5+;;;;;. The van der Waals surface area contributed by atoms with E-state index in [0.29, 0.717) is 23.5 Å². The van der Waals surface area contributed by atoms with Crippen LogP contribution in [0.4, 0.5) is 22.0 Å². The Hall–Kier alpha value is -7.53. The zero-order valence-corrected chi connectivity index (χ0v) is 51.3. The zero-order chi connectivity index (χ0) is 62.7. The van der Waals surface area contributed by atoms with E-state index < -0.39 is 90.5 Å². The SMILES string of the molecule is C.C1CCC1.CC.CCCCCCOc1ccc(C(=O)Oc2ccc(/C=C/C(=O)OC)cc2)cc1.CNC(=O)C1C(OC=O)C(C(=O)NC)C1C(=O)O.COC(=O)/C=C/c1ccc(OC(=O)c2ccc(OCCCC(F)(F)C(F)(F)F)cc2)cc1.[Y]. The van der Waals surface area contributed by atoms with E-state index in [9.17, 15) is 60.3 Å². The Kier molecular flexibility index (Phi) is 38.6. The van der Waals surface area contributed by atoms with Gasteiger partial charge in [0.1, 0.15) is 29.1 Å². The van der Waals surface area contributed by atoms with Crippen molar-refractivity contribution in [2.45, 2.75) is 111 Å². The molecular formula is C62H77F5N2O16Y. The molecule has 4 aromatic rings. The summed E-state index contributed by atoms with van der Waals surface area (Å²) in [5, 5.41) is 13.6. The van der Waals surface area contributed by atoms with Crippen LogP contribution < -0.4 is 29.6 Å². The van der Waals surface area contributed by atoms with Crippen molar-refractivity contribution in [1.82, 2.24) is 10.6 Å². The second-order valence-corrected chi connectivity index (χ2v) is 18.0. The number of hydrogen-bond donors (Lipinski definition) is 3. The summed E-state index contributed by atoms with van der Waals surface area (Å²) in [6, 6.07) is 25.6. The van der Waals surface area contributed by atoms with Gasteiger partial charge in [0.2, 0.25) is 11.8 Å². The number of carbonyl (C=O) groups excluding carboxylic acids is 7. The van der Waals surface area contributed by atoms with Gasteiger partial charge in [0.05, 0.1) is 56.3 Å². The van der Waals surface area contributed by atoms with Crippen LogP contribution in [-0.4, -0.2) is 113 Å². The Morgan fingerprint density at radius 3 is 1.26 bits per heavy atom. The number of methoxy groups -OCH3 is 2. The Morgan fingerprint density at radius 2 is 0.942 bits per heavy atom. The molecule has 4 aromatic carbocycles. The fourth-order valence-electron chi connectivity index (χ4n) is 7.27. The summed E-state index contributed by atoms with van der Waals surface area (Å²) < 4.78 is 97.1. The zero-order valence-electron chi connectivity index (χ0n) is 48.5. The van der Waals surface area contributed by atoms with Gasteiger partial charge in [0.15, 0.2) is 0 Å². The molecule has 2 atom stereocenters. The monoisotopic (exact) mass is 1290 g/mol. The van der Waals surface area contributed by atoms with E-state index in [1.54, 1.807) is 66.7 Å². The number of alkyl halides is 5. The molecule has 0 heterocycles. The first-order valence-electron chi connectivity index (χ1n) is 26.9. The number of benzene rings is 4. The molecule has 86 heavy (non-hydrogen) atoms. The van der Waals surface area contributed by atoms with Crippen LogP contribution >= 0.6 is 0 Å². The minimum Gasteiger partial charge on any atom is -0.494 e. The van der Waals surface area contributed by atoms with Crippen molar-refractivity contribution in [2.24, 2.45) is 17.8 Å². The topological polar surface area (TPSA) is 245 Å². The van der Waals surface area contributed by atoms with E-state index in [-0.39, 0.29) is 70.3 Å². The summed E-state index contributed by atoms with van der Waals surface area (Å²) in [7, 11) is 5.26. The van der Waals surface area contributed by atoms with Crippen molar-refractivity contribution in [3.63, 3.8) is 0 Å². The molecule has 469 valence electrons. The molecule has 2 aliphatic carbocycles. The Morgan fingerprint density at radius 1 is 0.570 bits per heavy atom. The average molecular weight is 1290 g/mol. The molecule has 2 saturated carbocycles. The van der Waals surface area contributed by atoms with Crippen LogP contribution in [0.2, 0.25) is 0 Å². The van der Waals surface area contributed by atoms with E-state index in [1.807, 2.05) is 13.8 Å². The summed E-state index contributed by atoms with van der Waals surface area (Å²) in [6.07, 6.45) is 7.82. The van der Waals surface area contributed by atoms with E-state index in [2.05, 4.69) is 31.8 Å². The number of carbonyl (C=O) groups is 8. The van der Waals surface area contributed by atoms with Gasteiger partial charge in [-0.2, -0.15) is 22.0 Å². The van der Waals surface area contributed by atoms with Crippen molar-refractivity contribution in [3.8, 4) is 23.0 Å². The van der Waals surface area contributed by atoms with Crippen molar-refractivity contribution in [2.75, 3.05) is 41.5 Å². The first-order valence-corrected chi connectivity index (χ1v) is 26.9. The molecule has 2 amide bonds. The third kappa shape index (κ3) is 27.7. The molecule has 0 saturated heterocycles. The van der Waals surface area contributed by atoms with Crippen LogP contribution in [0.5, 0.6) is 23.0 Å². The largest absolute Gasteiger partial charge is 0.494 e. The fraction of sp³-hybridized carbons (Fsp3) is 0.419. The van der Waals surface area contributed by atoms with Gasteiger partial charge >= 0.3 is 41.9 Å². The molecule has 6 rings (SSSR count). The van der Waals surface area contributed by atoms with Gasteiger partial charge in [0.25, 0.3) is 6.47 Å². The average Bonchev–Trinajstić information content (AvgIpc) is 0.850. The summed E-state index contributed by atoms with van der Waals surface area (Å²) in [6.45, 7) is 6.62. The minimum absolute atomic E-state index is 0. The third-order valence-corrected chi connectivity index (χ3v) is 12.3. The number of aliphatic carboxylic acids is 1. The van der Waals surface area contributed by atoms with Crippen LogP contribution in [0.15, 0.2) is 109 Å². The molecule has 2 unspecified atom stereocenters. The Bertz CT molecular complexity index is 2710. The molecule has 3 N–H and O–H groups in total. The van der Waals surface area contributed by atoms with Crippen molar-refractivity contribution in [3.05, 3.63) is 131 Å². The molecule has 2 aliphatic rings. The summed E-state index contributed by atoms with van der Waals surface area (Å²) >= 11 is 0. The quantitative estimate of drug-likeness (QED) is 0.0112. The van der Waals surface area contributed by atoms with Crippen molar-refractivity contribution < 1.29 is 131 Å². The van der Waals surface area contributed by atoms with Crippen molar-refractivity contribution in [1.29, 1.82) is 0 Å². The van der Waals surface area contributed by atoms with Gasteiger partial charge in [0, 0.05) is 65.4 Å². The number of carboxylic acid groups (broad SMARTS) is 1. The summed E-state index contributed by atoms with van der Waals surface area (Å²) in [5.41, 5.74) is 2.11. The van der Waals surface area contributed by atoms with E-state index in [0.717, 1.165) is 24.2 Å². The third-order valence-electron chi connectivity index (χ3n) is 12.3. The first-order chi connectivity index (χ1) is 40.1. The Balaban J connectivity index is 0.00000122. The summed E-state index contributed by atoms with van der Waals surface area (Å²) in [5.74, 6) is -10.9. The molecular weight excluding hydrogens is 1210 g/mol. The number of carboxylic acids is 1. The second-order valence-electron chi connectivity index (χ2n) is 18.0. The van der Waals surface area contributed by atoms with Crippen LogP contribution in [0.1, 0.15) is 124 Å². The first kappa shape index (κ1) is 78.5. The van der Waals surface area contributed by atoms with Gasteiger partial charge < -0.3 is 48.9 Å². The van der Waals surface area contributed by atoms with Crippen LogP contribution in [-0.2, 0) is 75.7 Å². The molecule has 0 bridgehead atoms.